The van der Waals surface area contributed by atoms with E-state index in [9.17, 15) is 9.59 Å². The minimum Gasteiger partial charge on any atom is -0.461 e. The highest BCUT2D eigenvalue weighted by atomic mass is 16.5. The van der Waals surface area contributed by atoms with E-state index in [2.05, 4.69) is 5.32 Å². The first-order valence-electron chi connectivity index (χ1n) is 5.29. The summed E-state index contributed by atoms with van der Waals surface area (Å²) in [4.78, 5) is 23.2. The molecule has 0 unspecified atom stereocenters. The Morgan fingerprint density at radius 2 is 2.38 bits per heavy atom. The van der Waals surface area contributed by atoms with Crippen molar-refractivity contribution in [1.82, 2.24) is 9.88 Å². The van der Waals surface area contributed by atoms with Crippen molar-refractivity contribution in [2.45, 2.75) is 13.3 Å². The number of esters is 1. The monoisotopic (exact) mass is 222 g/mol. The first-order chi connectivity index (χ1) is 7.65. The number of ether oxygens (including phenoxy) is 1. The highest BCUT2D eigenvalue weighted by Gasteiger charge is 2.25. The topological polar surface area (TPSA) is 60.3 Å². The van der Waals surface area contributed by atoms with Crippen molar-refractivity contribution < 1.29 is 14.3 Å². The van der Waals surface area contributed by atoms with Crippen LogP contribution in [0.4, 0.5) is 0 Å². The molecule has 0 bridgehead atoms. The first-order valence-corrected chi connectivity index (χ1v) is 5.29. The molecule has 0 fully saturated rings. The van der Waals surface area contributed by atoms with Gasteiger partial charge in [0.1, 0.15) is 5.69 Å². The summed E-state index contributed by atoms with van der Waals surface area (Å²) < 4.78 is 6.67. The van der Waals surface area contributed by atoms with Crippen LogP contribution in [0, 0.1) is 0 Å². The van der Waals surface area contributed by atoms with E-state index in [1.807, 2.05) is 0 Å². The number of carbonyl (C=O) groups is 2. The van der Waals surface area contributed by atoms with Crippen LogP contribution in [0.1, 0.15) is 33.5 Å². The second kappa shape index (κ2) is 4.00. The number of nitrogens with one attached hydrogen (secondary N) is 1. The van der Waals surface area contributed by atoms with E-state index in [0.29, 0.717) is 24.4 Å². The van der Waals surface area contributed by atoms with Crippen LogP contribution in [-0.2, 0) is 18.2 Å². The Hall–Kier alpha value is -1.78. The van der Waals surface area contributed by atoms with Crippen LogP contribution in [0.15, 0.2) is 6.07 Å². The summed E-state index contributed by atoms with van der Waals surface area (Å²) in [5.41, 5.74) is 1.91. The fourth-order valence-corrected chi connectivity index (χ4v) is 1.93. The lowest BCUT2D eigenvalue weighted by Crippen LogP contribution is -2.31. The molecule has 16 heavy (non-hydrogen) atoms. The summed E-state index contributed by atoms with van der Waals surface area (Å²) in [5.74, 6) is -0.500. The molecule has 1 amide bonds. The molecule has 5 heteroatoms. The average Bonchev–Trinajstić information content (AvgIpc) is 2.59. The number of carbonyl (C=O) groups excluding carboxylic acids is 2. The second-order valence-corrected chi connectivity index (χ2v) is 3.68. The van der Waals surface area contributed by atoms with E-state index in [4.69, 9.17) is 4.74 Å². The van der Waals surface area contributed by atoms with E-state index in [0.717, 1.165) is 12.1 Å². The van der Waals surface area contributed by atoms with E-state index < -0.39 is 0 Å². The smallest absolute Gasteiger partial charge is 0.354 e. The molecule has 1 aliphatic heterocycles. The molecule has 2 rings (SSSR count). The van der Waals surface area contributed by atoms with Crippen molar-refractivity contribution in [1.29, 1.82) is 0 Å². The Labute approximate surface area is 93.4 Å². The van der Waals surface area contributed by atoms with Gasteiger partial charge in [0, 0.05) is 25.7 Å². The standard InChI is InChI=1S/C11H14N2O3/c1-3-16-11(15)9-6-7-8(13(9)2)4-5-12-10(7)14/h6H,3-5H2,1-2H3,(H,12,14). The Morgan fingerprint density at radius 3 is 3.00 bits per heavy atom. The molecule has 86 valence electrons. The quantitative estimate of drug-likeness (QED) is 0.741. The summed E-state index contributed by atoms with van der Waals surface area (Å²) in [7, 11) is 1.78. The van der Waals surface area contributed by atoms with Crippen LogP contribution in [0.2, 0.25) is 0 Å². The lowest BCUT2D eigenvalue weighted by Gasteiger charge is -2.14. The molecule has 0 saturated carbocycles. The Kier molecular flexibility index (Phi) is 2.68. The largest absolute Gasteiger partial charge is 0.461 e. The normalized spacial score (nSPS) is 14.2. The SMILES string of the molecule is CCOC(=O)c1cc2c(n1C)CCNC2=O. The van der Waals surface area contributed by atoms with E-state index >= 15 is 0 Å². The van der Waals surface area contributed by atoms with Crippen LogP contribution < -0.4 is 5.32 Å². The van der Waals surface area contributed by atoms with Crippen molar-refractivity contribution in [3.8, 4) is 0 Å². The molecular formula is C11H14N2O3. The van der Waals surface area contributed by atoms with Gasteiger partial charge in [0.15, 0.2) is 0 Å². The Morgan fingerprint density at radius 1 is 1.62 bits per heavy atom. The Bertz CT molecular complexity index is 448. The van der Waals surface area contributed by atoms with Gasteiger partial charge in [-0.3, -0.25) is 4.79 Å². The molecule has 1 aromatic rings. The molecule has 0 atom stereocenters. The highest BCUT2D eigenvalue weighted by Crippen LogP contribution is 2.19. The van der Waals surface area contributed by atoms with Gasteiger partial charge in [0.05, 0.1) is 12.2 Å². The molecule has 1 aromatic heterocycles. The molecule has 1 aliphatic rings. The van der Waals surface area contributed by atoms with Crippen molar-refractivity contribution in [2.75, 3.05) is 13.2 Å². The molecule has 0 saturated heterocycles. The summed E-state index contributed by atoms with van der Waals surface area (Å²) in [6.07, 6.45) is 0.747. The van der Waals surface area contributed by atoms with Crippen LogP contribution in [0.5, 0.6) is 0 Å². The number of rotatable bonds is 2. The highest BCUT2D eigenvalue weighted by molar-refractivity contribution is 6.00. The number of fused-ring (bicyclic) bond motifs is 1. The molecule has 0 aliphatic carbocycles. The van der Waals surface area contributed by atoms with Gasteiger partial charge in [-0.25, -0.2) is 4.79 Å². The molecular weight excluding hydrogens is 208 g/mol. The fraction of sp³-hybridized carbons (Fsp3) is 0.455. The predicted octanol–water partition coefficient (Wildman–Crippen LogP) is 0.488. The summed E-state index contributed by atoms with van der Waals surface area (Å²) >= 11 is 0. The van der Waals surface area contributed by atoms with Gasteiger partial charge in [0.2, 0.25) is 0 Å². The second-order valence-electron chi connectivity index (χ2n) is 3.68. The molecule has 0 radical (unpaired) electrons. The van der Waals surface area contributed by atoms with Crippen LogP contribution in [-0.4, -0.2) is 29.6 Å². The lowest BCUT2D eigenvalue weighted by molar-refractivity contribution is 0.0515. The van der Waals surface area contributed by atoms with Gasteiger partial charge in [0.25, 0.3) is 5.91 Å². The zero-order valence-electron chi connectivity index (χ0n) is 9.37. The maximum absolute atomic E-state index is 11.6. The number of nitrogens with zero attached hydrogens (tertiary/aromatic N) is 1. The van der Waals surface area contributed by atoms with Crippen molar-refractivity contribution in [3.63, 3.8) is 0 Å². The predicted molar refractivity (Wildman–Crippen MR) is 57.4 cm³/mol. The van der Waals surface area contributed by atoms with Gasteiger partial charge >= 0.3 is 5.97 Å². The molecule has 0 aromatic carbocycles. The van der Waals surface area contributed by atoms with E-state index in [1.54, 1.807) is 24.6 Å². The van der Waals surface area contributed by atoms with Gasteiger partial charge in [-0.2, -0.15) is 0 Å². The maximum atomic E-state index is 11.6. The average molecular weight is 222 g/mol. The number of aromatic nitrogens is 1. The van der Waals surface area contributed by atoms with Crippen LogP contribution in [0.25, 0.3) is 0 Å². The molecule has 2 heterocycles. The van der Waals surface area contributed by atoms with E-state index in [-0.39, 0.29) is 11.9 Å². The number of amides is 1. The van der Waals surface area contributed by atoms with Crippen molar-refractivity contribution in [2.24, 2.45) is 7.05 Å². The van der Waals surface area contributed by atoms with Gasteiger partial charge in [-0.1, -0.05) is 0 Å². The lowest BCUT2D eigenvalue weighted by atomic mass is 10.1. The van der Waals surface area contributed by atoms with Gasteiger partial charge < -0.3 is 14.6 Å². The number of hydrogen-bond donors (Lipinski definition) is 1. The Balaban J connectivity index is 2.42. The minimum absolute atomic E-state index is 0.118. The van der Waals surface area contributed by atoms with E-state index in [1.165, 1.54) is 0 Å². The third-order valence-electron chi connectivity index (χ3n) is 2.73. The summed E-state index contributed by atoms with van der Waals surface area (Å²) in [6, 6.07) is 1.60. The summed E-state index contributed by atoms with van der Waals surface area (Å²) in [6.45, 7) is 2.71. The maximum Gasteiger partial charge on any atom is 0.354 e. The molecule has 1 N–H and O–H groups in total. The van der Waals surface area contributed by atoms with Gasteiger partial charge in [-0.05, 0) is 13.0 Å². The first kappa shape index (κ1) is 10.7. The zero-order valence-corrected chi connectivity index (χ0v) is 9.37. The third kappa shape index (κ3) is 1.58. The third-order valence-corrected chi connectivity index (χ3v) is 2.73. The van der Waals surface area contributed by atoms with Gasteiger partial charge in [-0.15, -0.1) is 0 Å². The fourth-order valence-electron chi connectivity index (χ4n) is 1.93. The molecule has 0 spiro atoms. The van der Waals surface area contributed by atoms with Crippen molar-refractivity contribution in [3.05, 3.63) is 23.0 Å². The van der Waals surface area contributed by atoms with Crippen LogP contribution >= 0.6 is 0 Å². The van der Waals surface area contributed by atoms with Crippen LogP contribution in [0.3, 0.4) is 0 Å². The molecule has 5 nitrogen and oxygen atoms in total. The number of hydrogen-bond acceptors (Lipinski definition) is 3. The minimum atomic E-state index is -0.382. The van der Waals surface area contributed by atoms with Crippen molar-refractivity contribution >= 4 is 11.9 Å². The zero-order chi connectivity index (χ0) is 11.7. The summed E-state index contributed by atoms with van der Waals surface area (Å²) in [5, 5.41) is 2.75.